The lowest BCUT2D eigenvalue weighted by Crippen LogP contribution is -2.40. The van der Waals surface area contributed by atoms with Crippen molar-refractivity contribution in [1.29, 1.82) is 0 Å². The third-order valence-corrected chi connectivity index (χ3v) is 3.58. The van der Waals surface area contributed by atoms with Gasteiger partial charge in [0.25, 0.3) is 0 Å². The summed E-state index contributed by atoms with van der Waals surface area (Å²) in [6.07, 6.45) is 1.58. The van der Waals surface area contributed by atoms with E-state index in [0.717, 1.165) is 5.76 Å². The highest BCUT2D eigenvalue weighted by molar-refractivity contribution is 6.39. The first-order chi connectivity index (χ1) is 12.0. The molecule has 7 nitrogen and oxygen atoms in total. The van der Waals surface area contributed by atoms with Crippen molar-refractivity contribution in [2.24, 2.45) is 0 Å². The van der Waals surface area contributed by atoms with E-state index in [9.17, 15) is 9.59 Å². The molecule has 0 aliphatic carbocycles. The molecule has 0 fully saturated rings. The normalized spacial score (nSPS) is 11.8. The number of benzene rings is 1. The van der Waals surface area contributed by atoms with Crippen LogP contribution in [0.15, 0.2) is 47.1 Å². The highest BCUT2D eigenvalue weighted by Gasteiger charge is 2.20. The summed E-state index contributed by atoms with van der Waals surface area (Å²) in [5, 5.41) is 5.18. The van der Waals surface area contributed by atoms with Gasteiger partial charge in [-0.2, -0.15) is 0 Å². The van der Waals surface area contributed by atoms with E-state index in [1.807, 2.05) is 32.0 Å². The summed E-state index contributed by atoms with van der Waals surface area (Å²) in [6.45, 7) is 2.72. The maximum atomic E-state index is 12.0. The molecule has 25 heavy (non-hydrogen) atoms. The lowest BCUT2D eigenvalue weighted by Gasteiger charge is -2.22. The fourth-order valence-electron chi connectivity index (χ4n) is 2.28. The zero-order chi connectivity index (χ0) is 18.2. The lowest BCUT2D eigenvalue weighted by molar-refractivity contribution is -0.136. The number of hydrogen-bond acceptors (Lipinski definition) is 5. The van der Waals surface area contributed by atoms with Gasteiger partial charge >= 0.3 is 11.8 Å². The number of nitrogens with zero attached hydrogens (tertiary/aromatic N) is 1. The predicted octanol–water partition coefficient (Wildman–Crippen LogP) is 2.04. The zero-order valence-corrected chi connectivity index (χ0v) is 14.6. The Labute approximate surface area is 146 Å². The fourth-order valence-corrected chi connectivity index (χ4v) is 2.28. The molecule has 0 bridgehead atoms. The van der Waals surface area contributed by atoms with Crippen molar-refractivity contribution in [1.82, 2.24) is 10.2 Å². The van der Waals surface area contributed by atoms with Gasteiger partial charge in [0.1, 0.15) is 11.5 Å². The van der Waals surface area contributed by atoms with Crippen molar-refractivity contribution in [2.75, 3.05) is 32.6 Å². The highest BCUT2D eigenvalue weighted by atomic mass is 16.5. The molecular weight excluding hydrogens is 322 g/mol. The Balaban J connectivity index is 1.88. The van der Waals surface area contributed by atoms with E-state index in [0.29, 0.717) is 18.0 Å². The second-order valence-electron chi connectivity index (χ2n) is 5.62. The van der Waals surface area contributed by atoms with E-state index >= 15 is 0 Å². The minimum atomic E-state index is -0.721. The van der Waals surface area contributed by atoms with Gasteiger partial charge in [-0.25, -0.2) is 0 Å². The van der Waals surface area contributed by atoms with Crippen LogP contribution >= 0.6 is 0 Å². The van der Waals surface area contributed by atoms with Crippen LogP contribution in [0.25, 0.3) is 0 Å². The molecular formula is C18H23N3O4. The maximum Gasteiger partial charge on any atom is 0.313 e. The molecule has 1 aromatic heterocycles. The van der Waals surface area contributed by atoms with Gasteiger partial charge in [-0.1, -0.05) is 0 Å². The van der Waals surface area contributed by atoms with E-state index in [1.165, 1.54) is 0 Å². The molecule has 0 saturated heterocycles. The molecule has 1 heterocycles. The SMILES string of the molecule is CCOc1ccc(NC(=O)C(=O)NCC(c2ccco2)N(C)C)cc1. The predicted molar refractivity (Wildman–Crippen MR) is 94.4 cm³/mol. The van der Waals surface area contributed by atoms with Crippen LogP contribution in [0.3, 0.4) is 0 Å². The number of nitrogens with one attached hydrogen (secondary N) is 2. The number of ether oxygens (including phenoxy) is 1. The second-order valence-corrected chi connectivity index (χ2v) is 5.62. The van der Waals surface area contributed by atoms with Crippen molar-refractivity contribution in [3.63, 3.8) is 0 Å². The minimum absolute atomic E-state index is 0.155. The number of likely N-dealkylation sites (N-methyl/N-ethyl adjacent to an activating group) is 1. The molecule has 1 unspecified atom stereocenters. The topological polar surface area (TPSA) is 83.8 Å². The summed E-state index contributed by atoms with van der Waals surface area (Å²) < 4.78 is 10.7. The van der Waals surface area contributed by atoms with E-state index in [-0.39, 0.29) is 12.6 Å². The molecule has 7 heteroatoms. The van der Waals surface area contributed by atoms with Gasteiger partial charge in [0.05, 0.1) is 18.9 Å². The molecule has 134 valence electrons. The average Bonchev–Trinajstić information content (AvgIpc) is 3.10. The summed E-state index contributed by atoms with van der Waals surface area (Å²) in [5.41, 5.74) is 0.527. The summed E-state index contributed by atoms with van der Waals surface area (Å²) >= 11 is 0. The number of amides is 2. The molecule has 2 amide bonds. The first-order valence-electron chi connectivity index (χ1n) is 8.03. The third-order valence-electron chi connectivity index (χ3n) is 3.58. The van der Waals surface area contributed by atoms with E-state index in [1.54, 1.807) is 36.6 Å². The van der Waals surface area contributed by atoms with Crippen molar-refractivity contribution in [3.8, 4) is 5.75 Å². The van der Waals surface area contributed by atoms with Crippen LogP contribution in [0.5, 0.6) is 5.75 Å². The Morgan fingerprint density at radius 2 is 1.88 bits per heavy atom. The van der Waals surface area contributed by atoms with Crippen molar-refractivity contribution < 1.29 is 18.7 Å². The number of carbonyl (C=O) groups is 2. The Morgan fingerprint density at radius 1 is 1.16 bits per heavy atom. The van der Waals surface area contributed by atoms with Crippen molar-refractivity contribution in [2.45, 2.75) is 13.0 Å². The van der Waals surface area contributed by atoms with Crippen molar-refractivity contribution >= 4 is 17.5 Å². The van der Waals surface area contributed by atoms with Gasteiger partial charge in [-0.15, -0.1) is 0 Å². The molecule has 2 aromatic rings. The van der Waals surface area contributed by atoms with Gasteiger partial charge < -0.3 is 19.8 Å². The van der Waals surface area contributed by atoms with Crippen LogP contribution in [0.4, 0.5) is 5.69 Å². The smallest absolute Gasteiger partial charge is 0.313 e. The quantitative estimate of drug-likeness (QED) is 0.750. The Bertz CT molecular complexity index is 681. The summed E-state index contributed by atoms with van der Waals surface area (Å²) in [7, 11) is 3.75. The van der Waals surface area contributed by atoms with Gasteiger partial charge in [-0.05, 0) is 57.4 Å². The standard InChI is InChI=1S/C18H23N3O4/c1-4-24-14-9-7-13(8-10-14)20-18(23)17(22)19-12-15(21(2)3)16-6-5-11-25-16/h5-11,15H,4,12H2,1-3H3,(H,19,22)(H,20,23). The number of rotatable bonds is 7. The van der Waals surface area contributed by atoms with Crippen LogP contribution in [0.2, 0.25) is 0 Å². The van der Waals surface area contributed by atoms with Crippen molar-refractivity contribution in [3.05, 3.63) is 48.4 Å². The molecule has 0 saturated carbocycles. The molecule has 0 aliphatic rings. The Morgan fingerprint density at radius 3 is 2.44 bits per heavy atom. The van der Waals surface area contributed by atoms with Crippen LogP contribution in [-0.2, 0) is 9.59 Å². The molecule has 1 aromatic carbocycles. The summed E-state index contributed by atoms with van der Waals surface area (Å²) in [6, 6.07) is 10.3. The largest absolute Gasteiger partial charge is 0.494 e. The monoisotopic (exact) mass is 345 g/mol. The van der Waals surface area contributed by atoms with Gasteiger partial charge in [-0.3, -0.25) is 14.5 Å². The van der Waals surface area contributed by atoms with Gasteiger partial charge in [0, 0.05) is 12.2 Å². The Hall–Kier alpha value is -2.80. The molecule has 0 aliphatic heterocycles. The van der Waals surface area contributed by atoms with Gasteiger partial charge in [0.15, 0.2) is 0 Å². The van der Waals surface area contributed by atoms with Crippen LogP contribution in [0.1, 0.15) is 18.7 Å². The van der Waals surface area contributed by atoms with Crippen LogP contribution in [0, 0.1) is 0 Å². The Kier molecular flexibility index (Phi) is 6.59. The highest BCUT2D eigenvalue weighted by Crippen LogP contribution is 2.18. The van der Waals surface area contributed by atoms with E-state index < -0.39 is 11.8 Å². The second kappa shape index (κ2) is 8.89. The van der Waals surface area contributed by atoms with Crippen LogP contribution < -0.4 is 15.4 Å². The maximum absolute atomic E-state index is 12.0. The molecule has 0 radical (unpaired) electrons. The lowest BCUT2D eigenvalue weighted by atomic mass is 10.2. The van der Waals surface area contributed by atoms with Crippen LogP contribution in [-0.4, -0.2) is 44.0 Å². The summed E-state index contributed by atoms with van der Waals surface area (Å²) in [5.74, 6) is 0.00264. The van der Waals surface area contributed by atoms with E-state index in [2.05, 4.69) is 10.6 Å². The third kappa shape index (κ3) is 5.36. The fraction of sp³-hybridized carbons (Fsp3) is 0.333. The molecule has 0 spiro atoms. The first kappa shape index (κ1) is 18.5. The zero-order valence-electron chi connectivity index (χ0n) is 14.6. The summed E-state index contributed by atoms with van der Waals surface area (Å²) in [4.78, 5) is 25.9. The minimum Gasteiger partial charge on any atom is -0.494 e. The number of carbonyl (C=O) groups excluding carboxylic acids is 2. The van der Waals surface area contributed by atoms with E-state index in [4.69, 9.17) is 9.15 Å². The first-order valence-corrected chi connectivity index (χ1v) is 8.03. The van der Waals surface area contributed by atoms with Gasteiger partial charge in [0.2, 0.25) is 0 Å². The molecule has 2 rings (SSSR count). The number of hydrogen-bond donors (Lipinski definition) is 2. The average molecular weight is 345 g/mol. The molecule has 1 atom stereocenters. The number of furan rings is 1. The molecule has 2 N–H and O–H groups in total. The number of anilines is 1.